The maximum absolute atomic E-state index is 3.19. The fourth-order valence-electron chi connectivity index (χ4n) is 1.04. The van der Waals surface area contributed by atoms with E-state index < -0.39 is 0 Å². The van der Waals surface area contributed by atoms with Crippen LogP contribution < -0.4 is 5.32 Å². The molecule has 2 rings (SSSR count). The summed E-state index contributed by atoms with van der Waals surface area (Å²) in [6, 6.07) is 0. The summed E-state index contributed by atoms with van der Waals surface area (Å²) >= 11 is 0. The summed E-state index contributed by atoms with van der Waals surface area (Å²) in [5.41, 5.74) is 3.10. The second-order valence-corrected chi connectivity index (χ2v) is 2.31. The predicted octanol–water partition coefficient (Wildman–Crippen LogP) is 1.19. The molecule has 0 bridgehead atoms. The van der Waals surface area contributed by atoms with Crippen LogP contribution in [0.25, 0.3) is 0 Å². The van der Waals surface area contributed by atoms with Crippen molar-refractivity contribution in [1.29, 1.82) is 0 Å². The van der Waals surface area contributed by atoms with E-state index in [9.17, 15) is 0 Å². The molecule has 0 amide bonds. The van der Waals surface area contributed by atoms with Crippen molar-refractivity contribution in [1.82, 2.24) is 5.32 Å². The van der Waals surface area contributed by atoms with Crippen molar-refractivity contribution < 1.29 is 0 Å². The molecule has 42 valence electrons. The van der Waals surface area contributed by atoms with E-state index in [0.717, 1.165) is 6.54 Å². The van der Waals surface area contributed by atoms with Gasteiger partial charge in [0.2, 0.25) is 0 Å². The second kappa shape index (κ2) is 1.38. The summed E-state index contributed by atoms with van der Waals surface area (Å²) in [5, 5.41) is 3.19. The minimum atomic E-state index is 1.15. The van der Waals surface area contributed by atoms with Gasteiger partial charge in [-0.05, 0) is 24.0 Å². The molecular weight excluding hydrogens is 98.1 g/mol. The first-order chi connectivity index (χ1) is 3.97. The third-order valence-electron chi connectivity index (χ3n) is 1.64. The Balaban J connectivity index is 2.13. The minimum Gasteiger partial charge on any atom is -0.390 e. The Morgan fingerprint density at radius 3 is 2.75 bits per heavy atom. The molecule has 0 saturated heterocycles. The highest BCUT2D eigenvalue weighted by Crippen LogP contribution is 2.30. The molecule has 1 heterocycles. The largest absolute Gasteiger partial charge is 0.390 e. The maximum Gasteiger partial charge on any atom is 0.0182 e. The molecule has 1 aliphatic carbocycles. The summed E-state index contributed by atoms with van der Waals surface area (Å²) < 4.78 is 0. The molecule has 1 heteroatoms. The summed E-state index contributed by atoms with van der Waals surface area (Å²) in [5.74, 6) is 0. The fraction of sp³-hybridized carbons (Fsp3) is 0.429. The van der Waals surface area contributed by atoms with Crippen molar-refractivity contribution in [2.45, 2.75) is 12.8 Å². The smallest absolute Gasteiger partial charge is 0.0182 e. The molecular formula is C7H9N. The summed E-state index contributed by atoms with van der Waals surface area (Å²) in [6.07, 6.45) is 6.90. The molecule has 1 aliphatic heterocycles. The zero-order chi connectivity index (χ0) is 5.40. The first-order valence-corrected chi connectivity index (χ1v) is 3.08. The van der Waals surface area contributed by atoms with Crippen LogP contribution in [0.15, 0.2) is 23.4 Å². The average molecular weight is 107 g/mol. The molecule has 0 aromatic rings. The quantitative estimate of drug-likeness (QED) is 0.530. The van der Waals surface area contributed by atoms with Crippen molar-refractivity contribution >= 4 is 0 Å². The van der Waals surface area contributed by atoms with Crippen LogP contribution in [-0.4, -0.2) is 6.54 Å². The zero-order valence-corrected chi connectivity index (χ0v) is 4.78. The lowest BCUT2D eigenvalue weighted by Gasteiger charge is -1.86. The van der Waals surface area contributed by atoms with Gasteiger partial charge in [0.1, 0.15) is 0 Å². The molecule has 8 heavy (non-hydrogen) atoms. The normalized spacial score (nSPS) is 24.0. The van der Waals surface area contributed by atoms with Crippen LogP contribution in [0.1, 0.15) is 12.8 Å². The number of rotatable bonds is 1. The Hall–Kier alpha value is -0.720. The van der Waals surface area contributed by atoms with E-state index >= 15 is 0 Å². The van der Waals surface area contributed by atoms with Gasteiger partial charge in [0.15, 0.2) is 0 Å². The molecule has 0 aromatic heterocycles. The van der Waals surface area contributed by atoms with Crippen LogP contribution in [0.2, 0.25) is 0 Å². The molecule has 0 spiro atoms. The zero-order valence-electron chi connectivity index (χ0n) is 4.78. The van der Waals surface area contributed by atoms with E-state index in [2.05, 4.69) is 17.6 Å². The minimum absolute atomic E-state index is 1.15. The van der Waals surface area contributed by atoms with Crippen molar-refractivity contribution in [3.63, 3.8) is 0 Å². The molecule has 0 unspecified atom stereocenters. The summed E-state index contributed by atoms with van der Waals surface area (Å²) in [6.45, 7) is 1.15. The van der Waals surface area contributed by atoms with E-state index in [-0.39, 0.29) is 0 Å². The van der Waals surface area contributed by atoms with Crippen molar-refractivity contribution in [3.8, 4) is 0 Å². The van der Waals surface area contributed by atoms with Gasteiger partial charge in [-0.2, -0.15) is 0 Å². The molecule has 0 saturated carbocycles. The van der Waals surface area contributed by atoms with Crippen LogP contribution in [-0.2, 0) is 0 Å². The third kappa shape index (κ3) is 0.548. The van der Waals surface area contributed by atoms with Crippen molar-refractivity contribution in [2.24, 2.45) is 0 Å². The number of nitrogens with one attached hydrogen (secondary N) is 1. The first kappa shape index (κ1) is 4.19. The van der Waals surface area contributed by atoms with E-state index in [1.165, 1.54) is 18.4 Å². The predicted molar refractivity (Wildman–Crippen MR) is 33.4 cm³/mol. The van der Waals surface area contributed by atoms with Crippen molar-refractivity contribution in [2.75, 3.05) is 6.54 Å². The average Bonchev–Trinajstić information content (AvgIpc) is 2.49. The SMILES string of the molecule is C1=C(C2=CNCC2)C1. The lowest BCUT2D eigenvalue weighted by atomic mass is 10.2. The maximum atomic E-state index is 3.19. The molecule has 0 atom stereocenters. The van der Waals surface area contributed by atoms with E-state index in [4.69, 9.17) is 0 Å². The van der Waals surface area contributed by atoms with Gasteiger partial charge in [0.25, 0.3) is 0 Å². The highest BCUT2D eigenvalue weighted by atomic mass is 14.9. The second-order valence-electron chi connectivity index (χ2n) is 2.31. The van der Waals surface area contributed by atoms with Crippen LogP contribution >= 0.6 is 0 Å². The van der Waals surface area contributed by atoms with Crippen LogP contribution in [0, 0.1) is 0 Å². The Labute approximate surface area is 49.1 Å². The standard InChI is InChI=1S/C7H9N/c1-2-6(1)7-3-4-8-5-7/h1,5,8H,2-4H2. The first-order valence-electron chi connectivity index (χ1n) is 3.08. The third-order valence-corrected chi connectivity index (χ3v) is 1.64. The monoisotopic (exact) mass is 107 g/mol. The lowest BCUT2D eigenvalue weighted by molar-refractivity contribution is 0.908. The Bertz CT molecular complexity index is 165. The van der Waals surface area contributed by atoms with Gasteiger partial charge >= 0.3 is 0 Å². The van der Waals surface area contributed by atoms with Gasteiger partial charge in [0, 0.05) is 12.7 Å². The molecule has 2 aliphatic rings. The lowest BCUT2D eigenvalue weighted by Crippen LogP contribution is -1.96. The van der Waals surface area contributed by atoms with E-state index in [1.807, 2.05) is 0 Å². The highest BCUT2D eigenvalue weighted by molar-refractivity contribution is 5.43. The van der Waals surface area contributed by atoms with Crippen LogP contribution in [0.5, 0.6) is 0 Å². The van der Waals surface area contributed by atoms with Gasteiger partial charge < -0.3 is 5.32 Å². The van der Waals surface area contributed by atoms with Crippen LogP contribution in [0.4, 0.5) is 0 Å². The van der Waals surface area contributed by atoms with Crippen LogP contribution in [0.3, 0.4) is 0 Å². The number of hydrogen-bond donors (Lipinski definition) is 1. The van der Waals surface area contributed by atoms with E-state index in [0.29, 0.717) is 0 Å². The molecule has 1 N–H and O–H groups in total. The summed E-state index contributed by atoms with van der Waals surface area (Å²) in [4.78, 5) is 0. The van der Waals surface area contributed by atoms with Gasteiger partial charge in [-0.3, -0.25) is 0 Å². The molecule has 0 aromatic carbocycles. The summed E-state index contributed by atoms with van der Waals surface area (Å²) in [7, 11) is 0. The highest BCUT2D eigenvalue weighted by Gasteiger charge is 2.14. The Morgan fingerprint density at radius 1 is 1.38 bits per heavy atom. The van der Waals surface area contributed by atoms with E-state index in [1.54, 1.807) is 5.57 Å². The Kier molecular flexibility index (Phi) is 0.720. The molecule has 0 fully saturated rings. The molecule has 0 radical (unpaired) electrons. The van der Waals surface area contributed by atoms with Gasteiger partial charge in [-0.15, -0.1) is 0 Å². The number of hydrogen-bond acceptors (Lipinski definition) is 1. The van der Waals surface area contributed by atoms with Crippen molar-refractivity contribution in [3.05, 3.63) is 23.4 Å². The number of allylic oxidation sites excluding steroid dienone is 2. The molecule has 1 nitrogen and oxygen atoms in total. The fourth-order valence-corrected chi connectivity index (χ4v) is 1.04. The van der Waals surface area contributed by atoms with Gasteiger partial charge in [-0.25, -0.2) is 0 Å². The Morgan fingerprint density at radius 2 is 2.25 bits per heavy atom. The van der Waals surface area contributed by atoms with Gasteiger partial charge in [-0.1, -0.05) is 6.08 Å². The van der Waals surface area contributed by atoms with Gasteiger partial charge in [0.05, 0.1) is 0 Å². The topological polar surface area (TPSA) is 12.0 Å².